The average molecular weight is 251 g/mol. The molecule has 0 spiro atoms. The van der Waals surface area contributed by atoms with E-state index in [1.54, 1.807) is 13.8 Å². The van der Waals surface area contributed by atoms with Gasteiger partial charge in [0.05, 0.1) is 12.0 Å². The summed E-state index contributed by atoms with van der Waals surface area (Å²) in [4.78, 5) is 10.9. The maximum Gasteiger partial charge on any atom is 0.171 e. The third-order valence-electron chi connectivity index (χ3n) is 2.24. The number of benzene rings is 1. The number of aliphatic carboxylic acids is 1. The van der Waals surface area contributed by atoms with Crippen LogP contribution >= 0.6 is 12.2 Å². The van der Waals surface area contributed by atoms with E-state index in [1.807, 2.05) is 30.3 Å². The summed E-state index contributed by atoms with van der Waals surface area (Å²) in [5.41, 5.74) is 0.811. The number of rotatable bonds is 4. The first-order valence-electron chi connectivity index (χ1n) is 5.34. The van der Waals surface area contributed by atoms with Crippen LogP contribution in [0.2, 0.25) is 0 Å². The first kappa shape index (κ1) is 13.4. The van der Waals surface area contributed by atoms with E-state index in [0.29, 0.717) is 0 Å². The second-order valence-corrected chi connectivity index (χ2v) is 4.41. The minimum absolute atomic E-state index is 0.101. The van der Waals surface area contributed by atoms with Crippen molar-refractivity contribution in [3.05, 3.63) is 30.3 Å². The molecule has 1 aromatic rings. The zero-order valence-corrected chi connectivity index (χ0v) is 10.6. The van der Waals surface area contributed by atoms with Gasteiger partial charge in [0.1, 0.15) is 0 Å². The fraction of sp³-hybridized carbons (Fsp3) is 0.333. The highest BCUT2D eigenvalue weighted by molar-refractivity contribution is 7.80. The van der Waals surface area contributed by atoms with Crippen LogP contribution < -0.4 is 15.7 Å². The van der Waals surface area contributed by atoms with Gasteiger partial charge in [-0.15, -0.1) is 0 Å². The van der Waals surface area contributed by atoms with Gasteiger partial charge in [-0.3, -0.25) is 0 Å². The molecule has 0 aromatic heterocycles. The monoisotopic (exact) mass is 251 g/mol. The van der Waals surface area contributed by atoms with Crippen molar-refractivity contribution in [2.45, 2.75) is 19.9 Å². The zero-order valence-electron chi connectivity index (χ0n) is 9.77. The Kier molecular flexibility index (Phi) is 4.90. The van der Waals surface area contributed by atoms with Crippen LogP contribution in [0, 0.1) is 5.92 Å². The molecule has 92 valence electrons. The lowest BCUT2D eigenvalue weighted by Crippen LogP contribution is -2.51. The molecule has 0 aliphatic carbocycles. The summed E-state index contributed by atoms with van der Waals surface area (Å²) in [6.45, 7) is 3.58. The Labute approximate surface area is 106 Å². The van der Waals surface area contributed by atoms with Crippen molar-refractivity contribution in [3.63, 3.8) is 0 Å². The predicted octanol–water partition coefficient (Wildman–Crippen LogP) is 0.747. The van der Waals surface area contributed by atoms with Crippen LogP contribution in [0.5, 0.6) is 0 Å². The molecular weight excluding hydrogens is 236 g/mol. The first-order valence-corrected chi connectivity index (χ1v) is 5.75. The maximum atomic E-state index is 10.9. The van der Waals surface area contributed by atoms with Crippen LogP contribution in [0.25, 0.3) is 0 Å². The molecule has 0 amide bonds. The smallest absolute Gasteiger partial charge is 0.171 e. The zero-order chi connectivity index (χ0) is 12.8. The SMILES string of the molecule is CC(C)[C@H](NC(=S)Nc1ccccc1)C(=O)[O-]. The molecule has 1 aromatic carbocycles. The molecular formula is C12H15N2O2S-. The Morgan fingerprint density at radius 2 is 1.88 bits per heavy atom. The van der Waals surface area contributed by atoms with E-state index in [-0.39, 0.29) is 11.0 Å². The Morgan fingerprint density at radius 3 is 2.35 bits per heavy atom. The number of para-hydroxylation sites is 1. The number of thiocarbonyl (C=S) groups is 1. The van der Waals surface area contributed by atoms with Gasteiger partial charge in [0.15, 0.2) is 5.11 Å². The number of carboxylic acids is 1. The van der Waals surface area contributed by atoms with Gasteiger partial charge in [-0.1, -0.05) is 32.0 Å². The second kappa shape index (κ2) is 6.20. The molecule has 1 atom stereocenters. The summed E-state index contributed by atoms with van der Waals surface area (Å²) in [5, 5.41) is 16.8. The molecule has 0 bridgehead atoms. The molecule has 0 saturated heterocycles. The van der Waals surface area contributed by atoms with Crippen molar-refractivity contribution < 1.29 is 9.90 Å². The highest BCUT2D eigenvalue weighted by atomic mass is 32.1. The lowest BCUT2D eigenvalue weighted by atomic mass is 10.1. The molecule has 5 heteroatoms. The molecule has 0 aliphatic rings. The summed E-state index contributed by atoms with van der Waals surface area (Å²) in [6, 6.07) is 8.51. The largest absolute Gasteiger partial charge is 0.548 e. The van der Waals surface area contributed by atoms with E-state index < -0.39 is 12.0 Å². The number of anilines is 1. The number of hydrogen-bond donors (Lipinski definition) is 2. The second-order valence-electron chi connectivity index (χ2n) is 4.01. The highest BCUT2D eigenvalue weighted by Gasteiger charge is 2.15. The third kappa shape index (κ3) is 4.40. The Bertz CT molecular complexity index is 393. The Hall–Kier alpha value is -1.62. The van der Waals surface area contributed by atoms with Crippen LogP contribution in [-0.2, 0) is 4.79 Å². The van der Waals surface area contributed by atoms with Gasteiger partial charge in [-0.25, -0.2) is 0 Å². The molecule has 0 unspecified atom stereocenters. The summed E-state index contributed by atoms with van der Waals surface area (Å²) < 4.78 is 0. The molecule has 0 saturated carbocycles. The van der Waals surface area contributed by atoms with Crippen molar-refractivity contribution in [1.29, 1.82) is 0 Å². The van der Waals surface area contributed by atoms with Gasteiger partial charge in [-0.05, 0) is 30.3 Å². The molecule has 0 heterocycles. The minimum Gasteiger partial charge on any atom is -0.548 e. The average Bonchev–Trinajstić information content (AvgIpc) is 2.26. The van der Waals surface area contributed by atoms with Crippen LogP contribution in [0.3, 0.4) is 0 Å². The standard InChI is InChI=1S/C12H16N2O2S/c1-8(2)10(11(15)16)14-12(17)13-9-6-4-3-5-7-9/h3-8,10H,1-2H3,(H,15,16)(H2,13,14,17)/p-1/t10-/m0/s1. The first-order chi connectivity index (χ1) is 8.00. The van der Waals surface area contributed by atoms with Crippen molar-refractivity contribution in [3.8, 4) is 0 Å². The van der Waals surface area contributed by atoms with Crippen molar-refractivity contribution >= 4 is 29.0 Å². The molecule has 0 radical (unpaired) electrons. The van der Waals surface area contributed by atoms with Crippen LogP contribution in [0.1, 0.15) is 13.8 Å². The Morgan fingerprint density at radius 1 is 1.29 bits per heavy atom. The summed E-state index contributed by atoms with van der Waals surface area (Å²) in [5.74, 6) is -1.26. The summed E-state index contributed by atoms with van der Waals surface area (Å²) in [7, 11) is 0. The van der Waals surface area contributed by atoms with Crippen LogP contribution in [-0.4, -0.2) is 17.1 Å². The lowest BCUT2D eigenvalue weighted by molar-refractivity contribution is -0.309. The highest BCUT2D eigenvalue weighted by Crippen LogP contribution is 2.06. The maximum absolute atomic E-state index is 10.9. The van der Waals surface area contributed by atoms with Gasteiger partial charge in [-0.2, -0.15) is 0 Å². The van der Waals surface area contributed by atoms with E-state index in [4.69, 9.17) is 12.2 Å². The molecule has 17 heavy (non-hydrogen) atoms. The third-order valence-corrected chi connectivity index (χ3v) is 2.46. The van der Waals surface area contributed by atoms with E-state index >= 15 is 0 Å². The number of carbonyl (C=O) groups is 1. The van der Waals surface area contributed by atoms with E-state index in [9.17, 15) is 9.90 Å². The van der Waals surface area contributed by atoms with E-state index in [0.717, 1.165) is 5.69 Å². The fourth-order valence-electron chi connectivity index (χ4n) is 1.33. The normalized spacial score (nSPS) is 11.9. The van der Waals surface area contributed by atoms with Gasteiger partial charge in [0.2, 0.25) is 0 Å². The molecule has 0 aliphatic heterocycles. The van der Waals surface area contributed by atoms with E-state index in [1.165, 1.54) is 0 Å². The number of nitrogens with one attached hydrogen (secondary N) is 2. The summed E-state index contributed by atoms with van der Waals surface area (Å²) in [6.07, 6.45) is 0. The van der Waals surface area contributed by atoms with Gasteiger partial charge in [0, 0.05) is 5.69 Å². The number of carbonyl (C=O) groups excluding carboxylic acids is 1. The van der Waals surface area contributed by atoms with Gasteiger partial charge in [0.25, 0.3) is 0 Å². The topological polar surface area (TPSA) is 64.2 Å². The van der Waals surface area contributed by atoms with Crippen molar-refractivity contribution in [1.82, 2.24) is 5.32 Å². The molecule has 1 rings (SSSR count). The van der Waals surface area contributed by atoms with Gasteiger partial charge >= 0.3 is 0 Å². The van der Waals surface area contributed by atoms with E-state index in [2.05, 4.69) is 10.6 Å². The lowest BCUT2D eigenvalue weighted by Gasteiger charge is -2.24. The van der Waals surface area contributed by atoms with Crippen LogP contribution in [0.4, 0.5) is 5.69 Å². The summed E-state index contributed by atoms with van der Waals surface area (Å²) >= 11 is 5.04. The molecule has 2 N–H and O–H groups in total. The predicted molar refractivity (Wildman–Crippen MR) is 69.4 cm³/mol. The van der Waals surface area contributed by atoms with Gasteiger partial charge < -0.3 is 20.5 Å². The molecule has 4 nitrogen and oxygen atoms in total. The van der Waals surface area contributed by atoms with Crippen LogP contribution in [0.15, 0.2) is 30.3 Å². The van der Waals surface area contributed by atoms with Crippen molar-refractivity contribution in [2.75, 3.05) is 5.32 Å². The molecule has 0 fully saturated rings. The van der Waals surface area contributed by atoms with Crippen molar-refractivity contribution in [2.24, 2.45) is 5.92 Å². The number of hydrogen-bond acceptors (Lipinski definition) is 3. The number of carboxylic acid groups (broad SMARTS) is 1. The fourth-order valence-corrected chi connectivity index (χ4v) is 1.57. The quantitative estimate of drug-likeness (QED) is 0.773. The minimum atomic E-state index is -1.16. The Balaban J connectivity index is 2.57.